The summed E-state index contributed by atoms with van der Waals surface area (Å²) in [5.74, 6) is 0.228. The summed E-state index contributed by atoms with van der Waals surface area (Å²) in [6, 6.07) is 4.87. The van der Waals surface area contributed by atoms with Crippen LogP contribution in [0, 0.1) is 0 Å². The van der Waals surface area contributed by atoms with Crippen LogP contribution in [0.25, 0.3) is 0 Å². The molecule has 0 saturated carbocycles. The van der Waals surface area contributed by atoms with Crippen molar-refractivity contribution in [1.29, 1.82) is 0 Å². The summed E-state index contributed by atoms with van der Waals surface area (Å²) in [6.07, 6.45) is 1.27. The highest BCUT2D eigenvalue weighted by Gasteiger charge is 2.33. The summed E-state index contributed by atoms with van der Waals surface area (Å²) in [4.78, 5) is 0. The van der Waals surface area contributed by atoms with Crippen molar-refractivity contribution in [3.63, 3.8) is 0 Å². The molecule has 0 bridgehead atoms. The maximum Gasteiger partial charge on any atom is 0.133 e. The molecular formula is C10H11FO. The molecule has 0 aliphatic heterocycles. The summed E-state index contributed by atoms with van der Waals surface area (Å²) in [5.41, 5.74) is 0.489. The Balaban J connectivity index is 2.55. The molecule has 2 rings (SSSR count). The van der Waals surface area contributed by atoms with Gasteiger partial charge in [0.05, 0.1) is 0 Å². The van der Waals surface area contributed by atoms with Crippen molar-refractivity contribution in [3.05, 3.63) is 29.3 Å². The van der Waals surface area contributed by atoms with E-state index in [1.54, 1.807) is 25.1 Å². The molecule has 1 unspecified atom stereocenters. The van der Waals surface area contributed by atoms with Gasteiger partial charge in [-0.15, -0.1) is 0 Å². The van der Waals surface area contributed by atoms with Gasteiger partial charge in [0, 0.05) is 0 Å². The fraction of sp³-hybridized carbons (Fsp3) is 0.400. The van der Waals surface area contributed by atoms with E-state index in [4.69, 9.17) is 5.11 Å². The molecule has 1 atom stereocenters. The van der Waals surface area contributed by atoms with Crippen molar-refractivity contribution in [3.8, 4) is 5.75 Å². The minimum Gasteiger partial charge on any atom is -0.508 e. The zero-order valence-electron chi connectivity index (χ0n) is 6.97. The van der Waals surface area contributed by atoms with Crippen molar-refractivity contribution in [2.45, 2.75) is 25.4 Å². The number of benzene rings is 1. The average Bonchev–Trinajstić information content (AvgIpc) is 2.27. The predicted octanol–water partition coefficient (Wildman–Crippen LogP) is 2.52. The number of hydrogen-bond acceptors (Lipinski definition) is 1. The number of aryl methyl sites for hydroxylation is 1. The van der Waals surface area contributed by atoms with E-state index in [9.17, 15) is 4.39 Å². The second-order valence-corrected chi connectivity index (χ2v) is 3.54. The normalized spacial score (nSPS) is 27.2. The molecule has 1 nitrogen and oxygen atoms in total. The molecule has 0 heterocycles. The molecule has 1 aromatic rings. The first-order valence-electron chi connectivity index (χ1n) is 4.11. The van der Waals surface area contributed by atoms with E-state index in [0.717, 1.165) is 17.5 Å². The molecule has 0 amide bonds. The minimum absolute atomic E-state index is 0.228. The predicted molar refractivity (Wildman–Crippen MR) is 44.9 cm³/mol. The molecule has 0 saturated heterocycles. The standard InChI is InChI=1S/C10H11FO/c1-10(11)5-4-7-6-8(12)2-3-9(7)10/h2-3,6,12H,4-5H2,1H3. The van der Waals surface area contributed by atoms with Gasteiger partial charge in [0.2, 0.25) is 0 Å². The lowest BCUT2D eigenvalue weighted by molar-refractivity contribution is 0.194. The van der Waals surface area contributed by atoms with Crippen LogP contribution in [0.1, 0.15) is 24.5 Å². The topological polar surface area (TPSA) is 20.2 Å². The smallest absolute Gasteiger partial charge is 0.133 e. The average molecular weight is 166 g/mol. The van der Waals surface area contributed by atoms with Crippen LogP contribution >= 0.6 is 0 Å². The third kappa shape index (κ3) is 0.986. The van der Waals surface area contributed by atoms with E-state index in [-0.39, 0.29) is 5.75 Å². The summed E-state index contributed by atoms with van der Waals surface area (Å²) >= 11 is 0. The molecule has 2 heteroatoms. The molecule has 0 aromatic heterocycles. The number of phenolic OH excluding ortho intramolecular Hbond substituents is 1. The highest BCUT2D eigenvalue weighted by atomic mass is 19.1. The molecule has 1 aromatic carbocycles. The lowest BCUT2D eigenvalue weighted by Gasteiger charge is -2.13. The van der Waals surface area contributed by atoms with Gasteiger partial charge in [-0.1, -0.05) is 6.07 Å². The highest BCUT2D eigenvalue weighted by Crippen LogP contribution is 2.40. The number of halogens is 1. The number of aromatic hydroxyl groups is 1. The summed E-state index contributed by atoms with van der Waals surface area (Å²) in [5, 5.41) is 9.14. The lowest BCUT2D eigenvalue weighted by Crippen LogP contribution is -2.09. The van der Waals surface area contributed by atoms with Crippen LogP contribution in [-0.2, 0) is 12.1 Å². The molecule has 64 valence electrons. The van der Waals surface area contributed by atoms with Gasteiger partial charge in [0.15, 0.2) is 0 Å². The fourth-order valence-electron chi connectivity index (χ4n) is 1.80. The van der Waals surface area contributed by atoms with Crippen molar-refractivity contribution in [2.24, 2.45) is 0 Å². The van der Waals surface area contributed by atoms with Gasteiger partial charge < -0.3 is 5.11 Å². The quantitative estimate of drug-likeness (QED) is 0.627. The zero-order valence-corrected chi connectivity index (χ0v) is 6.97. The van der Waals surface area contributed by atoms with Crippen LogP contribution < -0.4 is 0 Å². The van der Waals surface area contributed by atoms with Crippen LogP contribution in [0.5, 0.6) is 5.75 Å². The van der Waals surface area contributed by atoms with Crippen LogP contribution in [0.2, 0.25) is 0 Å². The van der Waals surface area contributed by atoms with Gasteiger partial charge in [-0.05, 0) is 43.0 Å². The van der Waals surface area contributed by atoms with Crippen LogP contribution in [0.15, 0.2) is 18.2 Å². The minimum atomic E-state index is -1.19. The molecular weight excluding hydrogens is 155 g/mol. The Morgan fingerprint density at radius 2 is 2.25 bits per heavy atom. The van der Waals surface area contributed by atoms with Crippen molar-refractivity contribution in [2.75, 3.05) is 0 Å². The molecule has 0 radical (unpaired) electrons. The lowest BCUT2D eigenvalue weighted by atomic mass is 10.0. The van der Waals surface area contributed by atoms with E-state index in [0.29, 0.717) is 6.42 Å². The van der Waals surface area contributed by atoms with Gasteiger partial charge >= 0.3 is 0 Å². The summed E-state index contributed by atoms with van der Waals surface area (Å²) < 4.78 is 13.7. The molecule has 12 heavy (non-hydrogen) atoms. The van der Waals surface area contributed by atoms with Crippen molar-refractivity contribution in [1.82, 2.24) is 0 Å². The maximum absolute atomic E-state index is 13.7. The van der Waals surface area contributed by atoms with E-state index in [2.05, 4.69) is 0 Å². The van der Waals surface area contributed by atoms with Crippen LogP contribution in [-0.4, -0.2) is 5.11 Å². The number of phenols is 1. The van der Waals surface area contributed by atoms with Gasteiger partial charge in [0.1, 0.15) is 11.4 Å². The maximum atomic E-state index is 13.7. The van der Waals surface area contributed by atoms with Crippen LogP contribution in [0.4, 0.5) is 4.39 Å². The summed E-state index contributed by atoms with van der Waals surface area (Å²) in [6.45, 7) is 1.59. The Bertz CT molecular complexity index is 318. The second kappa shape index (κ2) is 2.22. The first kappa shape index (κ1) is 7.59. The molecule has 0 spiro atoms. The molecule has 1 aliphatic rings. The van der Waals surface area contributed by atoms with Gasteiger partial charge in [-0.3, -0.25) is 0 Å². The first-order valence-corrected chi connectivity index (χ1v) is 4.11. The first-order chi connectivity index (χ1) is 5.59. The largest absolute Gasteiger partial charge is 0.508 e. The molecule has 1 aliphatic carbocycles. The Morgan fingerprint density at radius 3 is 3.00 bits per heavy atom. The fourth-order valence-corrected chi connectivity index (χ4v) is 1.80. The Morgan fingerprint density at radius 1 is 1.50 bits per heavy atom. The van der Waals surface area contributed by atoms with E-state index in [1.165, 1.54) is 0 Å². The number of fused-ring (bicyclic) bond motifs is 1. The van der Waals surface area contributed by atoms with Crippen LogP contribution in [0.3, 0.4) is 0 Å². The van der Waals surface area contributed by atoms with Crippen molar-refractivity contribution < 1.29 is 9.50 Å². The SMILES string of the molecule is CC1(F)CCc2cc(O)ccc21. The molecule has 0 fully saturated rings. The Labute approximate surface area is 70.8 Å². The highest BCUT2D eigenvalue weighted by molar-refractivity contribution is 5.41. The van der Waals surface area contributed by atoms with Gasteiger partial charge in [-0.25, -0.2) is 4.39 Å². The van der Waals surface area contributed by atoms with E-state index >= 15 is 0 Å². The summed E-state index contributed by atoms with van der Waals surface area (Å²) in [7, 11) is 0. The van der Waals surface area contributed by atoms with E-state index in [1.807, 2.05) is 0 Å². The van der Waals surface area contributed by atoms with Crippen molar-refractivity contribution >= 4 is 0 Å². The zero-order chi connectivity index (χ0) is 8.77. The molecule has 1 N–H and O–H groups in total. The third-order valence-electron chi connectivity index (χ3n) is 2.51. The number of alkyl halides is 1. The monoisotopic (exact) mass is 166 g/mol. The number of rotatable bonds is 0. The second-order valence-electron chi connectivity index (χ2n) is 3.54. The van der Waals surface area contributed by atoms with E-state index < -0.39 is 5.67 Å². The van der Waals surface area contributed by atoms with Gasteiger partial charge in [0.25, 0.3) is 0 Å². The Hall–Kier alpha value is -1.05. The Kier molecular flexibility index (Phi) is 1.40. The number of hydrogen-bond donors (Lipinski definition) is 1. The third-order valence-corrected chi connectivity index (χ3v) is 2.51. The van der Waals surface area contributed by atoms with Gasteiger partial charge in [-0.2, -0.15) is 0 Å².